The van der Waals surface area contributed by atoms with Crippen molar-refractivity contribution in [2.75, 3.05) is 13.2 Å². The van der Waals surface area contributed by atoms with Gasteiger partial charge in [-0.05, 0) is 31.7 Å². The maximum Gasteiger partial charge on any atom is 0.215 e. The standard InChI is InChI=1S/C13H25N3O3/c1-10(2)12(15)13(18)11(17)6-9-19-16-8-5-3-4-7-14/h8,10,12H,3-7,9,14-15H2,1-2H3/b16-8+/t12-/m0/s1. The van der Waals surface area contributed by atoms with Gasteiger partial charge < -0.3 is 16.3 Å². The van der Waals surface area contributed by atoms with Gasteiger partial charge in [0, 0.05) is 6.21 Å². The Bertz CT molecular complexity index is 304. The summed E-state index contributed by atoms with van der Waals surface area (Å²) < 4.78 is 0. The van der Waals surface area contributed by atoms with Gasteiger partial charge in [0.1, 0.15) is 6.61 Å². The summed E-state index contributed by atoms with van der Waals surface area (Å²) in [5.74, 6) is -1.08. The fraction of sp³-hybridized carbons (Fsp3) is 0.769. The van der Waals surface area contributed by atoms with E-state index in [0.29, 0.717) is 6.54 Å². The topological polar surface area (TPSA) is 108 Å². The Morgan fingerprint density at radius 3 is 2.58 bits per heavy atom. The highest BCUT2D eigenvalue weighted by Gasteiger charge is 2.23. The largest absolute Gasteiger partial charge is 0.396 e. The monoisotopic (exact) mass is 271 g/mol. The summed E-state index contributed by atoms with van der Waals surface area (Å²) in [5.41, 5.74) is 11.0. The van der Waals surface area contributed by atoms with E-state index in [4.69, 9.17) is 16.3 Å². The van der Waals surface area contributed by atoms with E-state index in [9.17, 15) is 9.59 Å². The zero-order chi connectivity index (χ0) is 14.7. The lowest BCUT2D eigenvalue weighted by Gasteiger charge is -2.12. The summed E-state index contributed by atoms with van der Waals surface area (Å²) in [7, 11) is 0. The molecule has 0 rings (SSSR count). The molecule has 0 fully saturated rings. The molecule has 0 spiro atoms. The molecule has 0 bridgehead atoms. The Hall–Kier alpha value is -1.27. The highest BCUT2D eigenvalue weighted by Crippen LogP contribution is 2.02. The summed E-state index contributed by atoms with van der Waals surface area (Å²) in [4.78, 5) is 27.9. The zero-order valence-electron chi connectivity index (χ0n) is 11.8. The predicted molar refractivity (Wildman–Crippen MR) is 74.8 cm³/mol. The molecule has 0 aromatic heterocycles. The van der Waals surface area contributed by atoms with Gasteiger partial charge in [-0.2, -0.15) is 0 Å². The molecule has 19 heavy (non-hydrogen) atoms. The molecule has 110 valence electrons. The van der Waals surface area contributed by atoms with E-state index in [0.717, 1.165) is 19.3 Å². The smallest absolute Gasteiger partial charge is 0.215 e. The number of oxime groups is 1. The summed E-state index contributed by atoms with van der Waals surface area (Å²) in [6, 6.07) is -0.729. The molecule has 6 heteroatoms. The molecule has 6 nitrogen and oxygen atoms in total. The average molecular weight is 271 g/mol. The third kappa shape index (κ3) is 8.45. The van der Waals surface area contributed by atoms with E-state index in [2.05, 4.69) is 5.16 Å². The molecule has 0 aromatic rings. The van der Waals surface area contributed by atoms with Crippen LogP contribution in [0.2, 0.25) is 0 Å². The maximum absolute atomic E-state index is 11.5. The maximum atomic E-state index is 11.5. The van der Waals surface area contributed by atoms with Crippen LogP contribution in [-0.2, 0) is 14.4 Å². The van der Waals surface area contributed by atoms with E-state index < -0.39 is 17.6 Å². The first-order valence-electron chi connectivity index (χ1n) is 6.67. The lowest BCUT2D eigenvalue weighted by Crippen LogP contribution is -2.40. The first-order valence-corrected chi connectivity index (χ1v) is 6.67. The molecule has 0 aliphatic heterocycles. The molecule has 0 aliphatic rings. The van der Waals surface area contributed by atoms with Crippen molar-refractivity contribution in [2.24, 2.45) is 22.5 Å². The van der Waals surface area contributed by atoms with Crippen LogP contribution in [0.4, 0.5) is 0 Å². The number of ketones is 2. The minimum atomic E-state index is -0.729. The number of hydrogen-bond donors (Lipinski definition) is 2. The third-order valence-electron chi connectivity index (χ3n) is 2.65. The van der Waals surface area contributed by atoms with Crippen molar-refractivity contribution in [1.82, 2.24) is 0 Å². The third-order valence-corrected chi connectivity index (χ3v) is 2.65. The summed E-state index contributed by atoms with van der Waals surface area (Å²) in [5, 5.41) is 3.69. The van der Waals surface area contributed by atoms with E-state index in [1.54, 1.807) is 20.1 Å². The number of carbonyl (C=O) groups is 2. The summed E-state index contributed by atoms with van der Waals surface area (Å²) in [6.07, 6.45) is 4.36. The SMILES string of the molecule is CC(C)[C@H](N)C(=O)C(=O)CCO/N=C/CCCCN. The van der Waals surface area contributed by atoms with Crippen molar-refractivity contribution in [3.05, 3.63) is 0 Å². The van der Waals surface area contributed by atoms with Gasteiger partial charge in [0.05, 0.1) is 12.5 Å². The van der Waals surface area contributed by atoms with Gasteiger partial charge in [0.25, 0.3) is 0 Å². The van der Waals surface area contributed by atoms with Crippen molar-refractivity contribution in [3.8, 4) is 0 Å². The quantitative estimate of drug-likeness (QED) is 0.248. The Morgan fingerprint density at radius 1 is 1.32 bits per heavy atom. The number of nitrogens with two attached hydrogens (primary N) is 2. The van der Waals surface area contributed by atoms with E-state index in [-0.39, 0.29) is 18.9 Å². The second kappa shape index (κ2) is 10.6. The first kappa shape index (κ1) is 17.7. The van der Waals surface area contributed by atoms with Crippen molar-refractivity contribution in [3.63, 3.8) is 0 Å². The number of carbonyl (C=O) groups excluding carboxylic acids is 2. The Balaban J connectivity index is 3.72. The van der Waals surface area contributed by atoms with Gasteiger partial charge in [-0.25, -0.2) is 0 Å². The molecule has 0 radical (unpaired) electrons. The van der Waals surface area contributed by atoms with Gasteiger partial charge >= 0.3 is 0 Å². The molecule has 0 heterocycles. The first-order chi connectivity index (χ1) is 9.00. The van der Waals surface area contributed by atoms with Gasteiger partial charge in [-0.3, -0.25) is 9.59 Å². The summed E-state index contributed by atoms with van der Waals surface area (Å²) in [6.45, 7) is 4.38. The second-order valence-electron chi connectivity index (χ2n) is 4.71. The van der Waals surface area contributed by atoms with Crippen LogP contribution in [0.15, 0.2) is 5.16 Å². The fourth-order valence-electron chi connectivity index (χ4n) is 1.29. The minimum Gasteiger partial charge on any atom is -0.396 e. The average Bonchev–Trinajstić information content (AvgIpc) is 2.39. The molecule has 4 N–H and O–H groups in total. The molecule has 0 saturated heterocycles. The highest BCUT2D eigenvalue weighted by atomic mass is 16.6. The van der Waals surface area contributed by atoms with Crippen molar-refractivity contribution < 1.29 is 14.4 Å². The number of Topliss-reactive ketones (excluding diaryl/α,β-unsaturated/α-hetero) is 2. The molecule has 0 aromatic carbocycles. The Labute approximate surface area is 114 Å². The van der Waals surface area contributed by atoms with Crippen LogP contribution >= 0.6 is 0 Å². The van der Waals surface area contributed by atoms with Crippen LogP contribution in [0.5, 0.6) is 0 Å². The number of hydrogen-bond acceptors (Lipinski definition) is 6. The second-order valence-corrected chi connectivity index (χ2v) is 4.71. The van der Waals surface area contributed by atoms with Crippen LogP contribution in [0.25, 0.3) is 0 Å². The number of rotatable bonds is 11. The van der Waals surface area contributed by atoms with Gasteiger partial charge in [-0.1, -0.05) is 19.0 Å². The normalized spacial score (nSPS) is 12.9. The lowest BCUT2D eigenvalue weighted by molar-refractivity contribution is -0.138. The van der Waals surface area contributed by atoms with Crippen LogP contribution in [-0.4, -0.2) is 37.0 Å². The molecule has 0 unspecified atom stereocenters. The van der Waals surface area contributed by atoms with Gasteiger partial charge in [-0.15, -0.1) is 0 Å². The predicted octanol–water partition coefficient (Wildman–Crippen LogP) is 0.629. The minimum absolute atomic E-state index is 0.0133. The summed E-state index contributed by atoms with van der Waals surface area (Å²) >= 11 is 0. The molecular formula is C13H25N3O3. The van der Waals surface area contributed by atoms with Crippen molar-refractivity contribution in [1.29, 1.82) is 0 Å². The van der Waals surface area contributed by atoms with Crippen molar-refractivity contribution in [2.45, 2.75) is 45.6 Å². The molecule has 0 aliphatic carbocycles. The zero-order valence-corrected chi connectivity index (χ0v) is 11.8. The van der Waals surface area contributed by atoms with E-state index in [1.165, 1.54) is 0 Å². The lowest BCUT2D eigenvalue weighted by atomic mass is 9.97. The van der Waals surface area contributed by atoms with Gasteiger partial charge in [0.2, 0.25) is 11.6 Å². The molecular weight excluding hydrogens is 246 g/mol. The van der Waals surface area contributed by atoms with Crippen LogP contribution < -0.4 is 11.5 Å². The molecule has 0 saturated carbocycles. The van der Waals surface area contributed by atoms with E-state index in [1.807, 2.05) is 0 Å². The van der Waals surface area contributed by atoms with Crippen molar-refractivity contribution >= 4 is 17.8 Å². The highest BCUT2D eigenvalue weighted by molar-refractivity contribution is 6.39. The van der Waals surface area contributed by atoms with Crippen LogP contribution in [0, 0.1) is 5.92 Å². The number of unbranched alkanes of at least 4 members (excludes halogenated alkanes) is 2. The van der Waals surface area contributed by atoms with Crippen LogP contribution in [0.1, 0.15) is 39.5 Å². The number of nitrogens with zero attached hydrogens (tertiary/aromatic N) is 1. The molecule has 0 amide bonds. The molecule has 1 atom stereocenters. The van der Waals surface area contributed by atoms with E-state index >= 15 is 0 Å². The fourth-order valence-corrected chi connectivity index (χ4v) is 1.29. The van der Waals surface area contributed by atoms with Gasteiger partial charge in [0.15, 0.2) is 0 Å². The Kier molecular flexibility index (Phi) is 9.92. The van der Waals surface area contributed by atoms with Crippen LogP contribution in [0.3, 0.4) is 0 Å². The Morgan fingerprint density at radius 2 is 2.00 bits per heavy atom.